The van der Waals surface area contributed by atoms with Crippen LogP contribution in [0.25, 0.3) is 93.0 Å². The quantitative estimate of drug-likeness (QED) is 0.145. The molecule has 0 radical (unpaired) electrons. The molecule has 5 heterocycles. The molecule has 64 heavy (non-hydrogen) atoms. The number of para-hydroxylation sites is 4. The summed E-state index contributed by atoms with van der Waals surface area (Å²) in [5.41, 5.74) is 12.2. The van der Waals surface area contributed by atoms with Gasteiger partial charge in [0.2, 0.25) is 0 Å². The molecule has 0 amide bonds. The third-order valence-corrected chi connectivity index (χ3v) is 15.5. The Morgan fingerprint density at radius 3 is 1.66 bits per heavy atom. The molecule has 0 fully saturated rings. The maximum Gasteiger partial charge on any atom is 0.138 e. The summed E-state index contributed by atoms with van der Waals surface area (Å²) in [5, 5.41) is 9.81. The van der Waals surface area contributed by atoms with Crippen LogP contribution in [-0.2, 0) is 11.1 Å². The van der Waals surface area contributed by atoms with Gasteiger partial charge in [-0.05, 0) is 109 Å². The van der Waals surface area contributed by atoms with Crippen molar-refractivity contribution in [3.8, 4) is 5.69 Å². The van der Waals surface area contributed by atoms with Gasteiger partial charge in [-0.15, -0.1) is 0 Å². The molecule has 5 nitrogen and oxygen atoms in total. The third kappa shape index (κ3) is 5.21. The first-order valence-electron chi connectivity index (χ1n) is 23.1. The Morgan fingerprint density at radius 2 is 1.00 bits per heavy atom. The minimum absolute atomic E-state index is 0.317. The molecule has 2 atom stereocenters. The molecule has 0 spiro atoms. The van der Waals surface area contributed by atoms with Crippen LogP contribution in [0, 0.1) is 11.8 Å². The average Bonchev–Trinajstić information content (AvgIpc) is 4.08. The van der Waals surface area contributed by atoms with E-state index >= 15 is 0 Å². The largest absolute Gasteiger partial charge is 0.456 e. The van der Waals surface area contributed by atoms with E-state index in [2.05, 4.69) is 212 Å². The second-order valence-corrected chi connectivity index (χ2v) is 18.6. The zero-order valence-corrected chi connectivity index (χ0v) is 37.4. The van der Waals surface area contributed by atoms with Crippen molar-refractivity contribution in [1.82, 2.24) is 18.7 Å². The highest BCUT2D eigenvalue weighted by atomic mass is 16.3. The Labute approximate surface area is 373 Å². The molecular formula is C59H52N4O. The van der Waals surface area contributed by atoms with Crippen LogP contribution < -0.4 is 0 Å². The van der Waals surface area contributed by atoms with Crippen molar-refractivity contribution in [1.29, 1.82) is 0 Å². The minimum Gasteiger partial charge on any atom is -0.456 e. The van der Waals surface area contributed by atoms with E-state index in [4.69, 9.17) is 4.42 Å². The predicted molar refractivity (Wildman–Crippen MR) is 269 cm³/mol. The number of pyridine rings is 1. The molecule has 0 saturated heterocycles. The number of benzene rings is 7. The van der Waals surface area contributed by atoms with Crippen LogP contribution in [0.15, 0.2) is 175 Å². The van der Waals surface area contributed by atoms with Gasteiger partial charge in [0.1, 0.15) is 11.2 Å². The van der Waals surface area contributed by atoms with Gasteiger partial charge in [-0.25, -0.2) is 0 Å². The summed E-state index contributed by atoms with van der Waals surface area (Å²) in [6.45, 7) is 14.4. The van der Waals surface area contributed by atoms with Crippen molar-refractivity contribution < 1.29 is 4.42 Å². The number of hydrogen-bond donors (Lipinski definition) is 0. The number of nitrogens with zero attached hydrogens (tertiary/aromatic N) is 4. The van der Waals surface area contributed by atoms with Gasteiger partial charge in [0.05, 0.1) is 22.1 Å². The Morgan fingerprint density at radius 1 is 0.484 bits per heavy atom. The van der Waals surface area contributed by atoms with Crippen LogP contribution in [0.4, 0.5) is 0 Å². The number of rotatable bonds is 9. The highest BCUT2D eigenvalue weighted by Crippen LogP contribution is 2.48. The lowest BCUT2D eigenvalue weighted by Gasteiger charge is -2.42. The van der Waals surface area contributed by atoms with Gasteiger partial charge in [-0.1, -0.05) is 120 Å². The molecule has 0 saturated carbocycles. The molecule has 7 aromatic carbocycles. The first-order valence-corrected chi connectivity index (χ1v) is 23.1. The highest BCUT2D eigenvalue weighted by molar-refractivity contribution is 6.12. The summed E-state index contributed by atoms with van der Waals surface area (Å²) in [7, 11) is 0. The minimum atomic E-state index is -0.341. The fraction of sp³-hybridized carbons (Fsp3) is 0.203. The van der Waals surface area contributed by atoms with Crippen LogP contribution in [-0.4, -0.2) is 18.7 Å². The Bertz CT molecular complexity index is 3740. The first-order chi connectivity index (χ1) is 31.3. The van der Waals surface area contributed by atoms with Crippen LogP contribution in [0.2, 0.25) is 0 Å². The molecular weight excluding hydrogens is 781 g/mol. The summed E-state index contributed by atoms with van der Waals surface area (Å²) < 4.78 is 14.1. The van der Waals surface area contributed by atoms with Gasteiger partial charge in [0.25, 0.3) is 0 Å². The summed E-state index contributed by atoms with van der Waals surface area (Å²) in [5.74, 6) is 0.774. The summed E-state index contributed by atoms with van der Waals surface area (Å²) in [6.07, 6.45) is 5.55. The maximum absolute atomic E-state index is 6.36. The van der Waals surface area contributed by atoms with Crippen molar-refractivity contribution in [2.45, 2.75) is 65.5 Å². The highest BCUT2D eigenvalue weighted by Gasteiger charge is 2.40. The molecule has 12 aromatic rings. The molecule has 0 aliphatic rings. The van der Waals surface area contributed by atoms with Gasteiger partial charge in [-0.2, -0.15) is 0 Å². The molecule has 314 valence electrons. The third-order valence-electron chi connectivity index (χ3n) is 15.5. The van der Waals surface area contributed by atoms with Gasteiger partial charge < -0.3 is 18.1 Å². The molecule has 5 heteroatoms. The Balaban J connectivity index is 1.07. The number of fused-ring (bicyclic) bond motifs is 12. The normalized spacial score (nSPS) is 14.1. The molecule has 12 rings (SSSR count). The molecule has 0 bridgehead atoms. The second kappa shape index (κ2) is 14.2. The Kier molecular flexibility index (Phi) is 8.56. The molecule has 5 aromatic heterocycles. The van der Waals surface area contributed by atoms with Crippen LogP contribution >= 0.6 is 0 Å². The SMILES string of the molecule is CCC(CC)(c1ccc2c(c1)c1ccccc1n2-c1ccc2c(c1)oc1ccncc12)n1c2ccccc2c2cc(C(C)(C(C)C(C)C)n3c4ccccc4c4ccccc43)ccc21. The van der Waals surface area contributed by atoms with Gasteiger partial charge in [-0.3, -0.25) is 4.98 Å². The van der Waals surface area contributed by atoms with E-state index < -0.39 is 0 Å². The lowest BCUT2D eigenvalue weighted by atomic mass is 9.74. The second-order valence-electron chi connectivity index (χ2n) is 18.6. The van der Waals surface area contributed by atoms with E-state index in [1.54, 1.807) is 6.20 Å². The number of aromatic nitrogens is 4. The lowest BCUT2D eigenvalue weighted by molar-refractivity contribution is 0.215. The van der Waals surface area contributed by atoms with Gasteiger partial charge in [0.15, 0.2) is 0 Å². The fourth-order valence-electron chi connectivity index (χ4n) is 11.8. The standard InChI is InChI=1S/C59H52N4O/c1-7-59(8-2,40-26-29-51-47(34-40)44-19-9-13-21-50(44)61(51)41-27-28-46-49-36-60-32-31-56(49)64-57(46)35-41)63-54-24-16-12-20-45(54)48-33-39(25-30-55(48)63)58(6,38(5)37(3)4)62-52-22-14-10-17-42(52)43-18-11-15-23-53(43)62/h9-38H,7-8H2,1-6H3. The van der Waals surface area contributed by atoms with E-state index in [1.807, 2.05) is 12.3 Å². The molecule has 2 unspecified atom stereocenters. The van der Waals surface area contributed by atoms with Crippen LogP contribution in [0.5, 0.6) is 0 Å². The van der Waals surface area contributed by atoms with Crippen LogP contribution in [0.3, 0.4) is 0 Å². The van der Waals surface area contributed by atoms with Crippen molar-refractivity contribution in [2.24, 2.45) is 11.8 Å². The predicted octanol–water partition coefficient (Wildman–Crippen LogP) is 15.9. The van der Waals surface area contributed by atoms with Crippen molar-refractivity contribution in [3.63, 3.8) is 0 Å². The summed E-state index contributed by atoms with van der Waals surface area (Å²) in [4.78, 5) is 4.37. The van der Waals surface area contributed by atoms with Gasteiger partial charge in [0, 0.05) is 89.3 Å². The monoisotopic (exact) mass is 832 g/mol. The van der Waals surface area contributed by atoms with Gasteiger partial charge >= 0.3 is 0 Å². The van der Waals surface area contributed by atoms with E-state index in [-0.39, 0.29) is 11.1 Å². The molecule has 0 aliphatic heterocycles. The van der Waals surface area contributed by atoms with E-state index in [1.165, 1.54) is 76.5 Å². The number of furan rings is 1. The van der Waals surface area contributed by atoms with Crippen molar-refractivity contribution >= 4 is 87.4 Å². The molecule has 0 aliphatic carbocycles. The maximum atomic E-state index is 6.36. The van der Waals surface area contributed by atoms with Crippen molar-refractivity contribution in [3.05, 3.63) is 181 Å². The van der Waals surface area contributed by atoms with Crippen LogP contribution in [0.1, 0.15) is 65.5 Å². The zero-order valence-electron chi connectivity index (χ0n) is 37.4. The fourth-order valence-corrected chi connectivity index (χ4v) is 11.8. The smallest absolute Gasteiger partial charge is 0.138 e. The first kappa shape index (κ1) is 38.6. The average molecular weight is 833 g/mol. The molecule has 0 N–H and O–H groups in total. The van der Waals surface area contributed by atoms with Crippen molar-refractivity contribution in [2.75, 3.05) is 0 Å². The zero-order chi connectivity index (χ0) is 43.5. The van der Waals surface area contributed by atoms with E-state index in [0.717, 1.165) is 40.5 Å². The van der Waals surface area contributed by atoms with E-state index in [9.17, 15) is 0 Å². The Hall–Kier alpha value is -7.11. The summed E-state index contributed by atoms with van der Waals surface area (Å²) >= 11 is 0. The van der Waals surface area contributed by atoms with E-state index in [0.29, 0.717) is 11.8 Å². The number of hydrogen-bond acceptors (Lipinski definition) is 2. The topological polar surface area (TPSA) is 40.8 Å². The lowest BCUT2D eigenvalue weighted by Crippen LogP contribution is -2.40. The summed E-state index contributed by atoms with van der Waals surface area (Å²) in [6, 6.07) is 59.0.